The van der Waals surface area contributed by atoms with Crippen molar-refractivity contribution in [1.82, 2.24) is 0 Å². The second-order valence-electron chi connectivity index (χ2n) is 4.20. The maximum absolute atomic E-state index is 11.3. The third kappa shape index (κ3) is 2.82. The van der Waals surface area contributed by atoms with Crippen molar-refractivity contribution in [2.75, 3.05) is 11.1 Å². The lowest BCUT2D eigenvalue weighted by Crippen LogP contribution is -2.10. The van der Waals surface area contributed by atoms with Gasteiger partial charge in [-0.15, -0.1) is 11.8 Å². The Balaban J connectivity index is 1.98. The number of anilines is 1. The van der Waals surface area contributed by atoms with Crippen molar-refractivity contribution in [3.8, 4) is 0 Å². The molecule has 2 rings (SSSR count). The third-order valence-electron chi connectivity index (χ3n) is 2.84. The van der Waals surface area contributed by atoms with Crippen molar-refractivity contribution in [2.45, 2.75) is 37.2 Å². The van der Waals surface area contributed by atoms with Gasteiger partial charge in [0, 0.05) is 16.1 Å². The number of rotatable bonds is 5. The summed E-state index contributed by atoms with van der Waals surface area (Å²) in [7, 11) is 0. The van der Waals surface area contributed by atoms with Crippen molar-refractivity contribution in [3.63, 3.8) is 0 Å². The molecule has 0 saturated carbocycles. The molecule has 0 saturated heterocycles. The molecule has 1 aliphatic rings. The normalized spacial score (nSPS) is 18.0. The van der Waals surface area contributed by atoms with E-state index in [1.54, 1.807) is 11.8 Å². The number of aliphatic hydroxyl groups is 1. The van der Waals surface area contributed by atoms with Crippen LogP contribution in [0.25, 0.3) is 0 Å². The maximum Gasteiger partial charge on any atom is 0.257 e. The zero-order valence-corrected chi connectivity index (χ0v) is 10.7. The minimum absolute atomic E-state index is 0.326. The Bertz CT molecular complexity index is 420. The molecular weight excluding hydrogens is 234 g/mol. The lowest BCUT2D eigenvalue weighted by Gasteiger charge is -2.04. The Hall–Kier alpha value is -1.00. The summed E-state index contributed by atoms with van der Waals surface area (Å²) in [5.74, 6) is 0.775. The van der Waals surface area contributed by atoms with E-state index >= 15 is 0 Å². The largest absolute Gasteiger partial charge is 0.378 e. The summed E-state index contributed by atoms with van der Waals surface area (Å²) in [6, 6.07) is 5.75. The number of fused-ring (bicyclic) bond motifs is 1. The highest BCUT2D eigenvalue weighted by Crippen LogP contribution is 2.34. The van der Waals surface area contributed by atoms with Crippen LogP contribution in [0.3, 0.4) is 0 Å². The molecule has 92 valence electrons. The van der Waals surface area contributed by atoms with E-state index in [4.69, 9.17) is 0 Å². The fraction of sp³-hybridized carbons (Fsp3) is 0.462. The highest BCUT2D eigenvalue weighted by atomic mass is 32.2. The minimum atomic E-state index is -0.996. The van der Waals surface area contributed by atoms with Crippen LogP contribution in [0.5, 0.6) is 0 Å². The molecular formula is C13H17NO2S. The molecule has 0 fully saturated rings. The predicted octanol–water partition coefficient (Wildman–Crippen LogP) is 2.95. The van der Waals surface area contributed by atoms with E-state index in [0.29, 0.717) is 5.56 Å². The molecule has 0 aromatic heterocycles. The first kappa shape index (κ1) is 12.5. The summed E-state index contributed by atoms with van der Waals surface area (Å²) in [4.78, 5) is 12.4. The Kier molecular flexibility index (Phi) is 4.07. The molecule has 17 heavy (non-hydrogen) atoms. The molecule has 1 aromatic rings. The van der Waals surface area contributed by atoms with E-state index in [9.17, 15) is 9.90 Å². The molecule has 4 heteroatoms. The smallest absolute Gasteiger partial charge is 0.257 e. The van der Waals surface area contributed by atoms with E-state index < -0.39 is 6.10 Å². The Labute approximate surface area is 106 Å². The van der Waals surface area contributed by atoms with Gasteiger partial charge in [-0.05, 0) is 24.3 Å². The number of thioether (sulfide) groups is 1. The van der Waals surface area contributed by atoms with Gasteiger partial charge in [0.15, 0.2) is 6.10 Å². The topological polar surface area (TPSA) is 49.3 Å². The molecule has 1 aliphatic heterocycles. The summed E-state index contributed by atoms with van der Waals surface area (Å²) >= 11 is 1.80. The number of unbranched alkanes of at least 4 members (excludes halogenated alkanes) is 2. The number of amides is 1. The zero-order valence-electron chi connectivity index (χ0n) is 9.90. The SMILES string of the molecule is CCCCCSc1ccc2c(c1)NC(=O)C2O. The minimum Gasteiger partial charge on any atom is -0.378 e. The maximum atomic E-state index is 11.3. The molecule has 1 atom stereocenters. The van der Waals surface area contributed by atoms with Crippen LogP contribution in [0.1, 0.15) is 37.9 Å². The van der Waals surface area contributed by atoms with E-state index in [-0.39, 0.29) is 5.91 Å². The van der Waals surface area contributed by atoms with Crippen molar-refractivity contribution in [1.29, 1.82) is 0 Å². The van der Waals surface area contributed by atoms with Gasteiger partial charge in [-0.3, -0.25) is 4.79 Å². The van der Waals surface area contributed by atoms with Crippen LogP contribution in [0.15, 0.2) is 23.1 Å². The number of benzene rings is 1. The second-order valence-corrected chi connectivity index (χ2v) is 5.36. The second kappa shape index (κ2) is 5.56. The van der Waals surface area contributed by atoms with Crippen LogP contribution in [0, 0.1) is 0 Å². The van der Waals surface area contributed by atoms with Gasteiger partial charge in [-0.2, -0.15) is 0 Å². The summed E-state index contributed by atoms with van der Waals surface area (Å²) in [6.45, 7) is 2.19. The van der Waals surface area contributed by atoms with Gasteiger partial charge in [0.05, 0.1) is 0 Å². The number of carbonyl (C=O) groups excluding carboxylic acids is 1. The molecule has 0 aliphatic carbocycles. The van der Waals surface area contributed by atoms with Crippen molar-refractivity contribution < 1.29 is 9.90 Å². The number of nitrogens with one attached hydrogen (secondary N) is 1. The molecule has 0 bridgehead atoms. The first-order valence-corrected chi connectivity index (χ1v) is 6.96. The van der Waals surface area contributed by atoms with Crippen LogP contribution in [0.4, 0.5) is 5.69 Å². The lowest BCUT2D eigenvalue weighted by atomic mass is 10.1. The predicted molar refractivity (Wildman–Crippen MR) is 70.3 cm³/mol. The average Bonchev–Trinajstić information content (AvgIpc) is 2.61. The standard InChI is InChI=1S/C13H17NO2S/c1-2-3-4-7-17-9-5-6-10-11(8-9)14-13(16)12(10)15/h5-6,8,12,15H,2-4,7H2,1H3,(H,14,16). The molecule has 0 radical (unpaired) electrons. The van der Waals surface area contributed by atoms with Crippen LogP contribution in [-0.2, 0) is 4.79 Å². The summed E-state index contributed by atoms with van der Waals surface area (Å²) in [6.07, 6.45) is 2.71. The van der Waals surface area contributed by atoms with Gasteiger partial charge in [-0.25, -0.2) is 0 Å². The molecule has 3 nitrogen and oxygen atoms in total. The van der Waals surface area contributed by atoms with Gasteiger partial charge < -0.3 is 10.4 Å². The third-order valence-corrected chi connectivity index (χ3v) is 3.92. The fourth-order valence-corrected chi connectivity index (χ4v) is 2.81. The first-order valence-electron chi connectivity index (χ1n) is 5.98. The van der Waals surface area contributed by atoms with Gasteiger partial charge in [-0.1, -0.05) is 25.8 Å². The van der Waals surface area contributed by atoms with Gasteiger partial charge >= 0.3 is 0 Å². The molecule has 1 amide bonds. The van der Waals surface area contributed by atoms with Gasteiger partial charge in [0.1, 0.15) is 0 Å². The highest BCUT2D eigenvalue weighted by Gasteiger charge is 2.28. The van der Waals surface area contributed by atoms with Crippen LogP contribution in [-0.4, -0.2) is 16.8 Å². The fourth-order valence-electron chi connectivity index (χ4n) is 1.86. The lowest BCUT2D eigenvalue weighted by molar-refractivity contribution is -0.123. The summed E-state index contributed by atoms with van der Waals surface area (Å²) < 4.78 is 0. The number of carbonyl (C=O) groups is 1. The van der Waals surface area contributed by atoms with E-state index in [2.05, 4.69) is 12.2 Å². The van der Waals surface area contributed by atoms with Crippen molar-refractivity contribution >= 4 is 23.4 Å². The first-order chi connectivity index (χ1) is 8.22. The quantitative estimate of drug-likeness (QED) is 0.625. The van der Waals surface area contributed by atoms with E-state index in [0.717, 1.165) is 16.3 Å². The Morgan fingerprint density at radius 2 is 2.24 bits per heavy atom. The average molecular weight is 251 g/mol. The molecule has 1 heterocycles. The molecule has 1 aromatic carbocycles. The molecule has 1 unspecified atom stereocenters. The van der Waals surface area contributed by atoms with Crippen molar-refractivity contribution in [3.05, 3.63) is 23.8 Å². The highest BCUT2D eigenvalue weighted by molar-refractivity contribution is 7.99. The van der Waals surface area contributed by atoms with E-state index in [1.807, 2.05) is 18.2 Å². The summed E-state index contributed by atoms with van der Waals surface area (Å²) in [5, 5.41) is 12.3. The monoisotopic (exact) mass is 251 g/mol. The molecule has 0 spiro atoms. The zero-order chi connectivity index (χ0) is 12.3. The van der Waals surface area contributed by atoms with E-state index in [1.165, 1.54) is 19.3 Å². The number of hydrogen-bond acceptors (Lipinski definition) is 3. The van der Waals surface area contributed by atoms with Crippen LogP contribution in [0.2, 0.25) is 0 Å². The van der Waals surface area contributed by atoms with Gasteiger partial charge in [0.2, 0.25) is 0 Å². The Morgan fingerprint density at radius 1 is 1.41 bits per heavy atom. The van der Waals surface area contributed by atoms with Crippen molar-refractivity contribution in [2.24, 2.45) is 0 Å². The number of aliphatic hydroxyl groups excluding tert-OH is 1. The van der Waals surface area contributed by atoms with Gasteiger partial charge in [0.25, 0.3) is 5.91 Å². The summed E-state index contributed by atoms with van der Waals surface area (Å²) in [5.41, 5.74) is 1.44. The molecule has 2 N–H and O–H groups in total. The Morgan fingerprint density at radius 3 is 3.00 bits per heavy atom. The van der Waals surface area contributed by atoms with Crippen LogP contribution >= 0.6 is 11.8 Å². The van der Waals surface area contributed by atoms with Crippen LogP contribution < -0.4 is 5.32 Å². The number of hydrogen-bond donors (Lipinski definition) is 2.